The lowest BCUT2D eigenvalue weighted by Gasteiger charge is -2.11. The van der Waals surface area contributed by atoms with Crippen molar-refractivity contribution in [3.8, 4) is 5.75 Å². The Morgan fingerprint density at radius 3 is 2.68 bits per heavy atom. The standard InChI is InChI=1S/C22H21FN6O2/c1-12-13(2)26-20-19(12)21(25-11-24-20)27-15-7-8-18(17(23)10-15)29-22(30)28-14-5-4-6-16(9-14)31-3/h4-11H,1-3H3,(H2,28,29,30)(H2,24,25,26,27). The third-order valence-electron chi connectivity index (χ3n) is 4.90. The minimum Gasteiger partial charge on any atom is -0.497 e. The van der Waals surface area contributed by atoms with Crippen LogP contribution < -0.4 is 20.7 Å². The summed E-state index contributed by atoms with van der Waals surface area (Å²) in [6, 6.07) is 10.7. The van der Waals surface area contributed by atoms with Crippen molar-refractivity contribution >= 4 is 39.9 Å². The van der Waals surface area contributed by atoms with Crippen LogP contribution in [0, 0.1) is 19.7 Å². The molecule has 0 unspecified atom stereocenters. The second-order valence-electron chi connectivity index (χ2n) is 6.95. The van der Waals surface area contributed by atoms with Crippen molar-refractivity contribution in [1.82, 2.24) is 15.0 Å². The molecule has 8 nitrogen and oxygen atoms in total. The summed E-state index contributed by atoms with van der Waals surface area (Å²) in [5.74, 6) is 0.590. The Morgan fingerprint density at radius 2 is 1.90 bits per heavy atom. The number of aromatic amines is 1. The van der Waals surface area contributed by atoms with Crippen LogP contribution in [0.1, 0.15) is 11.3 Å². The van der Waals surface area contributed by atoms with Crippen LogP contribution >= 0.6 is 0 Å². The number of rotatable bonds is 5. The molecule has 0 saturated carbocycles. The van der Waals surface area contributed by atoms with E-state index < -0.39 is 11.8 Å². The molecule has 4 N–H and O–H groups in total. The second-order valence-corrected chi connectivity index (χ2v) is 6.95. The Hall–Kier alpha value is -4.14. The topological polar surface area (TPSA) is 104 Å². The van der Waals surface area contributed by atoms with Gasteiger partial charge in [-0.2, -0.15) is 0 Å². The molecule has 0 atom stereocenters. The summed E-state index contributed by atoms with van der Waals surface area (Å²) in [5.41, 5.74) is 3.79. The molecule has 0 bridgehead atoms. The van der Waals surface area contributed by atoms with E-state index in [2.05, 4.69) is 30.9 Å². The molecule has 0 aliphatic heterocycles. The molecule has 0 saturated heterocycles. The number of carbonyl (C=O) groups excluding carboxylic acids is 1. The van der Waals surface area contributed by atoms with Crippen LogP contribution in [0.15, 0.2) is 48.8 Å². The summed E-state index contributed by atoms with van der Waals surface area (Å²) in [5, 5.41) is 9.12. The number of aromatic nitrogens is 3. The minimum atomic E-state index is -0.585. The van der Waals surface area contributed by atoms with Crippen LogP contribution in [0.4, 0.5) is 32.1 Å². The first kappa shape index (κ1) is 20.1. The van der Waals surface area contributed by atoms with E-state index in [0.29, 0.717) is 28.6 Å². The molecular formula is C22H21FN6O2. The van der Waals surface area contributed by atoms with Gasteiger partial charge < -0.3 is 25.7 Å². The maximum absolute atomic E-state index is 14.6. The van der Waals surface area contributed by atoms with Gasteiger partial charge in [-0.3, -0.25) is 0 Å². The van der Waals surface area contributed by atoms with E-state index in [4.69, 9.17) is 4.74 Å². The zero-order valence-corrected chi connectivity index (χ0v) is 17.2. The average molecular weight is 420 g/mol. The number of aryl methyl sites for hydroxylation is 2. The molecular weight excluding hydrogens is 399 g/mol. The van der Waals surface area contributed by atoms with Gasteiger partial charge in [0.25, 0.3) is 0 Å². The van der Waals surface area contributed by atoms with Crippen LogP contribution in [-0.4, -0.2) is 28.1 Å². The Balaban J connectivity index is 1.49. The predicted octanol–water partition coefficient (Wildman–Crippen LogP) is 5.11. The van der Waals surface area contributed by atoms with Crippen LogP contribution in [-0.2, 0) is 0 Å². The number of anilines is 4. The first-order valence-corrected chi connectivity index (χ1v) is 9.53. The van der Waals surface area contributed by atoms with Crippen LogP contribution in [0.2, 0.25) is 0 Å². The molecule has 0 aliphatic carbocycles. The monoisotopic (exact) mass is 420 g/mol. The number of urea groups is 1. The lowest BCUT2D eigenvalue weighted by molar-refractivity contribution is 0.262. The number of H-pyrrole nitrogens is 1. The van der Waals surface area contributed by atoms with Crippen LogP contribution in [0.3, 0.4) is 0 Å². The molecule has 0 spiro atoms. The van der Waals surface area contributed by atoms with Gasteiger partial charge in [0.05, 0.1) is 18.2 Å². The van der Waals surface area contributed by atoms with Crippen molar-refractivity contribution in [3.05, 3.63) is 65.9 Å². The highest BCUT2D eigenvalue weighted by molar-refractivity contribution is 6.00. The highest BCUT2D eigenvalue weighted by Crippen LogP contribution is 2.29. The van der Waals surface area contributed by atoms with Gasteiger partial charge in [0.15, 0.2) is 0 Å². The number of benzene rings is 2. The van der Waals surface area contributed by atoms with Gasteiger partial charge in [0, 0.05) is 23.1 Å². The number of hydrogen-bond donors (Lipinski definition) is 4. The first-order chi connectivity index (χ1) is 14.9. The zero-order valence-electron chi connectivity index (χ0n) is 17.2. The summed E-state index contributed by atoms with van der Waals surface area (Å²) >= 11 is 0. The summed E-state index contributed by atoms with van der Waals surface area (Å²) in [6.45, 7) is 3.93. The molecule has 2 amide bonds. The molecule has 2 aromatic heterocycles. The lowest BCUT2D eigenvalue weighted by Crippen LogP contribution is -2.20. The molecule has 158 valence electrons. The highest BCUT2D eigenvalue weighted by atomic mass is 19.1. The lowest BCUT2D eigenvalue weighted by atomic mass is 10.2. The number of carbonyl (C=O) groups is 1. The number of halogens is 1. The van der Waals surface area contributed by atoms with Gasteiger partial charge in [-0.05, 0) is 49.7 Å². The number of methoxy groups -OCH3 is 1. The Bertz CT molecular complexity index is 1270. The van der Waals surface area contributed by atoms with Gasteiger partial charge in [0.1, 0.15) is 29.4 Å². The van der Waals surface area contributed by atoms with Crippen LogP contribution in [0.5, 0.6) is 5.75 Å². The quantitative estimate of drug-likeness (QED) is 0.359. The highest BCUT2D eigenvalue weighted by Gasteiger charge is 2.13. The third-order valence-corrected chi connectivity index (χ3v) is 4.90. The van der Waals surface area contributed by atoms with Gasteiger partial charge in [-0.1, -0.05) is 6.07 Å². The molecule has 4 aromatic rings. The Kier molecular flexibility index (Phi) is 5.40. The predicted molar refractivity (Wildman–Crippen MR) is 119 cm³/mol. The molecule has 0 fully saturated rings. The molecule has 2 aromatic carbocycles. The minimum absolute atomic E-state index is 0.0486. The number of amides is 2. The number of ether oxygens (including phenoxy) is 1. The maximum atomic E-state index is 14.6. The van der Waals surface area contributed by atoms with Crippen molar-refractivity contribution in [3.63, 3.8) is 0 Å². The molecule has 9 heteroatoms. The first-order valence-electron chi connectivity index (χ1n) is 9.53. The van der Waals surface area contributed by atoms with Crippen LogP contribution in [0.25, 0.3) is 11.0 Å². The molecule has 0 aliphatic rings. The van der Waals surface area contributed by atoms with Crippen molar-refractivity contribution in [2.24, 2.45) is 0 Å². The van der Waals surface area contributed by atoms with E-state index in [0.717, 1.165) is 16.6 Å². The summed E-state index contributed by atoms with van der Waals surface area (Å²) in [4.78, 5) is 23.9. The summed E-state index contributed by atoms with van der Waals surface area (Å²) in [6.07, 6.45) is 1.44. The van der Waals surface area contributed by atoms with Gasteiger partial charge >= 0.3 is 6.03 Å². The van der Waals surface area contributed by atoms with E-state index in [-0.39, 0.29) is 5.69 Å². The van der Waals surface area contributed by atoms with Crippen molar-refractivity contribution in [1.29, 1.82) is 0 Å². The fourth-order valence-electron chi connectivity index (χ4n) is 3.21. The average Bonchev–Trinajstić information content (AvgIpc) is 3.05. The Morgan fingerprint density at radius 1 is 1.06 bits per heavy atom. The van der Waals surface area contributed by atoms with E-state index in [9.17, 15) is 9.18 Å². The van der Waals surface area contributed by atoms with Gasteiger partial charge in [-0.25, -0.2) is 19.2 Å². The summed E-state index contributed by atoms with van der Waals surface area (Å²) < 4.78 is 19.7. The third kappa shape index (κ3) is 4.25. The van der Waals surface area contributed by atoms with E-state index in [1.807, 2.05) is 13.8 Å². The number of nitrogens with one attached hydrogen (secondary N) is 4. The van der Waals surface area contributed by atoms with Gasteiger partial charge in [-0.15, -0.1) is 0 Å². The summed E-state index contributed by atoms with van der Waals surface area (Å²) in [7, 11) is 1.54. The normalized spacial score (nSPS) is 10.7. The Labute approximate surface area is 177 Å². The van der Waals surface area contributed by atoms with Gasteiger partial charge in [0.2, 0.25) is 0 Å². The molecule has 4 rings (SSSR count). The van der Waals surface area contributed by atoms with E-state index >= 15 is 0 Å². The smallest absolute Gasteiger partial charge is 0.323 e. The maximum Gasteiger partial charge on any atom is 0.323 e. The molecule has 0 radical (unpaired) electrons. The fourth-order valence-corrected chi connectivity index (χ4v) is 3.21. The van der Waals surface area contributed by atoms with Crippen molar-refractivity contribution < 1.29 is 13.9 Å². The molecule has 31 heavy (non-hydrogen) atoms. The number of fused-ring (bicyclic) bond motifs is 1. The van der Waals surface area contributed by atoms with E-state index in [1.54, 1.807) is 30.3 Å². The SMILES string of the molecule is COc1cccc(NC(=O)Nc2ccc(Nc3ncnc4[nH]c(C)c(C)c34)cc2F)c1. The largest absolute Gasteiger partial charge is 0.497 e. The fraction of sp³-hybridized carbons (Fsp3) is 0.136. The number of hydrogen-bond acceptors (Lipinski definition) is 5. The van der Waals surface area contributed by atoms with E-state index in [1.165, 1.54) is 25.6 Å². The van der Waals surface area contributed by atoms with Crippen molar-refractivity contribution in [2.75, 3.05) is 23.1 Å². The zero-order chi connectivity index (χ0) is 22.0. The second kappa shape index (κ2) is 8.31. The van der Waals surface area contributed by atoms with Crippen molar-refractivity contribution in [2.45, 2.75) is 13.8 Å². The molecule has 2 heterocycles. The number of nitrogens with zero attached hydrogens (tertiary/aromatic N) is 2.